The van der Waals surface area contributed by atoms with Gasteiger partial charge in [0, 0.05) is 35.5 Å². The van der Waals surface area contributed by atoms with Gasteiger partial charge in [-0.25, -0.2) is 0 Å². The summed E-state index contributed by atoms with van der Waals surface area (Å²) in [4.78, 5) is 28.3. The monoisotopic (exact) mass is 458 g/mol. The van der Waals surface area contributed by atoms with E-state index in [0.717, 1.165) is 18.4 Å². The lowest BCUT2D eigenvalue weighted by Crippen LogP contribution is -2.12. The van der Waals surface area contributed by atoms with Crippen molar-refractivity contribution in [3.05, 3.63) is 57.7 Å². The van der Waals surface area contributed by atoms with E-state index in [2.05, 4.69) is 4.98 Å². The van der Waals surface area contributed by atoms with Gasteiger partial charge in [0.2, 0.25) is 0 Å². The second-order valence-corrected chi connectivity index (χ2v) is 8.40. The Bertz CT molecular complexity index is 1190. The van der Waals surface area contributed by atoms with E-state index in [1.54, 1.807) is 24.3 Å². The maximum absolute atomic E-state index is 12.2. The van der Waals surface area contributed by atoms with E-state index in [1.807, 2.05) is 0 Å². The molecule has 1 fully saturated rings. The van der Waals surface area contributed by atoms with Gasteiger partial charge in [0.05, 0.1) is 18.2 Å². The molecule has 4 rings (SSSR count). The van der Waals surface area contributed by atoms with Crippen molar-refractivity contribution < 1.29 is 19.1 Å². The van der Waals surface area contributed by atoms with Crippen LogP contribution in [0.2, 0.25) is 10.0 Å². The molecule has 0 bridgehead atoms. The highest BCUT2D eigenvalue weighted by Crippen LogP contribution is 2.39. The summed E-state index contributed by atoms with van der Waals surface area (Å²) < 4.78 is 11.2. The minimum atomic E-state index is -0.645. The van der Waals surface area contributed by atoms with Gasteiger partial charge in [-0.05, 0) is 42.5 Å². The first-order chi connectivity index (χ1) is 14.9. The average molecular weight is 459 g/mol. The van der Waals surface area contributed by atoms with E-state index in [0.29, 0.717) is 51.9 Å². The van der Waals surface area contributed by atoms with Gasteiger partial charge in [0.1, 0.15) is 22.3 Å². The maximum Gasteiger partial charge on any atom is 0.252 e. The summed E-state index contributed by atoms with van der Waals surface area (Å²) in [6, 6.07) is 8.28. The van der Waals surface area contributed by atoms with Gasteiger partial charge >= 0.3 is 0 Å². The quantitative estimate of drug-likeness (QED) is 0.490. The second kappa shape index (κ2) is 8.73. The third-order valence-electron chi connectivity index (χ3n) is 5.21. The molecule has 0 radical (unpaired) electrons. The second-order valence-electron chi connectivity index (χ2n) is 7.59. The Morgan fingerprint density at radius 2 is 1.94 bits per heavy atom. The molecule has 6 nitrogen and oxygen atoms in total. The highest BCUT2D eigenvalue weighted by Gasteiger charge is 2.24. The zero-order valence-corrected chi connectivity index (χ0v) is 18.3. The van der Waals surface area contributed by atoms with Gasteiger partial charge < -0.3 is 15.2 Å². The molecule has 2 aromatic carbocycles. The lowest BCUT2D eigenvalue weighted by atomic mass is 10.0. The van der Waals surface area contributed by atoms with Crippen molar-refractivity contribution in [2.45, 2.75) is 25.7 Å². The van der Waals surface area contributed by atoms with Crippen LogP contribution in [0.3, 0.4) is 0 Å². The number of fused-ring (bicyclic) bond motifs is 1. The lowest BCUT2D eigenvalue weighted by Gasteiger charge is -2.14. The topological polar surface area (TPSA) is 91.5 Å². The van der Waals surface area contributed by atoms with Crippen LogP contribution in [-0.4, -0.2) is 23.8 Å². The van der Waals surface area contributed by atoms with E-state index in [4.69, 9.17) is 38.4 Å². The Balaban J connectivity index is 1.65. The summed E-state index contributed by atoms with van der Waals surface area (Å²) in [5.74, 6) is 1.14. The van der Waals surface area contributed by atoms with Crippen molar-refractivity contribution >= 4 is 45.8 Å². The number of nitrogens with zero attached hydrogens (tertiary/aromatic N) is 1. The van der Waals surface area contributed by atoms with Crippen molar-refractivity contribution in [2.75, 3.05) is 7.11 Å². The third-order valence-corrected chi connectivity index (χ3v) is 5.83. The minimum absolute atomic E-state index is 0.187. The summed E-state index contributed by atoms with van der Waals surface area (Å²) in [6.07, 6.45) is 4.64. The molecule has 0 unspecified atom stereocenters. The Morgan fingerprint density at radius 3 is 2.58 bits per heavy atom. The number of rotatable bonds is 8. The molecule has 0 spiro atoms. The molecule has 1 heterocycles. The van der Waals surface area contributed by atoms with Crippen LogP contribution in [0, 0.1) is 5.92 Å². The third kappa shape index (κ3) is 4.75. The first-order valence-corrected chi connectivity index (χ1v) is 10.6. The highest BCUT2D eigenvalue weighted by atomic mass is 35.5. The zero-order chi connectivity index (χ0) is 22.1. The van der Waals surface area contributed by atoms with Gasteiger partial charge in [-0.15, -0.1) is 0 Å². The molecule has 0 atom stereocenters. The molecule has 31 heavy (non-hydrogen) atoms. The summed E-state index contributed by atoms with van der Waals surface area (Å²) in [6.45, 7) is 0. The van der Waals surface area contributed by atoms with Crippen LogP contribution in [-0.2, 0) is 11.2 Å². The number of nitrogens with two attached hydrogens (primary N) is 1. The number of methoxy groups -OCH3 is 1. The molecule has 1 aliphatic carbocycles. The van der Waals surface area contributed by atoms with E-state index >= 15 is 0 Å². The number of hydrogen-bond acceptors (Lipinski definition) is 5. The lowest BCUT2D eigenvalue weighted by molar-refractivity contribution is -0.118. The summed E-state index contributed by atoms with van der Waals surface area (Å²) >= 11 is 12.7. The molecule has 1 saturated carbocycles. The molecule has 160 valence electrons. The van der Waals surface area contributed by atoms with Gasteiger partial charge in [-0.2, -0.15) is 0 Å². The molecule has 3 aromatic rings. The van der Waals surface area contributed by atoms with Gasteiger partial charge in [0.15, 0.2) is 5.75 Å². The highest BCUT2D eigenvalue weighted by molar-refractivity contribution is 6.33. The number of hydrogen-bond donors (Lipinski definition) is 1. The largest absolute Gasteiger partial charge is 0.496 e. The van der Waals surface area contributed by atoms with E-state index in [-0.39, 0.29) is 16.4 Å². The molecular weight excluding hydrogens is 439 g/mol. The number of ether oxygens (including phenoxy) is 2. The summed E-state index contributed by atoms with van der Waals surface area (Å²) in [5.41, 5.74) is 6.94. The van der Waals surface area contributed by atoms with Crippen molar-refractivity contribution in [3.63, 3.8) is 0 Å². The van der Waals surface area contributed by atoms with Crippen LogP contribution in [0.5, 0.6) is 17.2 Å². The molecule has 8 heteroatoms. The van der Waals surface area contributed by atoms with Crippen LogP contribution < -0.4 is 15.2 Å². The molecule has 0 aliphatic heterocycles. The Kier molecular flexibility index (Phi) is 6.03. The maximum atomic E-state index is 12.2. The Hall–Kier alpha value is -2.83. The van der Waals surface area contributed by atoms with Crippen LogP contribution in [0.15, 0.2) is 36.5 Å². The summed E-state index contributed by atoms with van der Waals surface area (Å²) in [5, 5.41) is 1.20. The molecule has 0 saturated heterocycles. The number of aromatic nitrogens is 1. The van der Waals surface area contributed by atoms with Gasteiger partial charge in [-0.1, -0.05) is 29.3 Å². The first-order valence-electron chi connectivity index (χ1n) is 9.79. The van der Waals surface area contributed by atoms with Crippen molar-refractivity contribution in [1.82, 2.24) is 4.98 Å². The van der Waals surface area contributed by atoms with E-state index < -0.39 is 5.91 Å². The van der Waals surface area contributed by atoms with E-state index in [9.17, 15) is 9.59 Å². The van der Waals surface area contributed by atoms with Crippen molar-refractivity contribution in [3.8, 4) is 17.2 Å². The molecular formula is C23H20Cl2N2O4. The number of benzene rings is 2. The minimum Gasteiger partial charge on any atom is -0.496 e. The SMILES string of the molecule is COc1cc2ncc(Cl)c(Oc3ccc(CC(=O)CC4CC4)c(Cl)c3)c2cc1C(N)=O. The van der Waals surface area contributed by atoms with Crippen LogP contribution in [0.1, 0.15) is 35.2 Å². The Labute approximate surface area is 189 Å². The number of ketones is 1. The normalized spacial score (nSPS) is 13.3. The molecule has 1 aromatic heterocycles. The van der Waals surface area contributed by atoms with Crippen LogP contribution in [0.25, 0.3) is 10.9 Å². The van der Waals surface area contributed by atoms with Gasteiger partial charge in [-0.3, -0.25) is 14.6 Å². The number of Topliss-reactive ketones (excluding diaryl/α,β-unsaturated/α-hetero) is 1. The standard InChI is InChI=1S/C23H20Cl2N2O4/c1-30-21-10-20-16(9-17(21)23(26)29)22(19(25)11-27-20)31-15-5-4-13(18(24)8-15)7-14(28)6-12-2-3-12/h4-5,8-12H,2-3,6-7H2,1H3,(H2,26,29). The number of halogens is 2. The fraction of sp³-hybridized carbons (Fsp3) is 0.261. The predicted octanol–water partition coefficient (Wildman–Crippen LogP) is 5.35. The predicted molar refractivity (Wildman–Crippen MR) is 119 cm³/mol. The van der Waals surface area contributed by atoms with Crippen LogP contribution in [0.4, 0.5) is 0 Å². The van der Waals surface area contributed by atoms with Crippen LogP contribution >= 0.6 is 23.2 Å². The zero-order valence-electron chi connectivity index (χ0n) is 16.8. The number of carbonyl (C=O) groups excluding carboxylic acids is 2. The number of amides is 1. The fourth-order valence-electron chi connectivity index (χ4n) is 3.42. The average Bonchev–Trinajstić information content (AvgIpc) is 3.55. The molecule has 2 N–H and O–H groups in total. The Morgan fingerprint density at radius 1 is 1.16 bits per heavy atom. The smallest absolute Gasteiger partial charge is 0.252 e. The van der Waals surface area contributed by atoms with Crippen molar-refractivity contribution in [1.29, 1.82) is 0 Å². The van der Waals surface area contributed by atoms with E-state index in [1.165, 1.54) is 19.4 Å². The molecule has 1 aliphatic rings. The number of carbonyl (C=O) groups is 2. The fourth-order valence-corrected chi connectivity index (χ4v) is 3.84. The number of pyridine rings is 1. The first kappa shape index (κ1) is 21.4. The summed E-state index contributed by atoms with van der Waals surface area (Å²) in [7, 11) is 1.44. The molecule has 1 amide bonds. The van der Waals surface area contributed by atoms with Gasteiger partial charge in [0.25, 0.3) is 5.91 Å². The number of primary amides is 1. The van der Waals surface area contributed by atoms with Crippen molar-refractivity contribution in [2.24, 2.45) is 11.7 Å².